The van der Waals surface area contributed by atoms with Gasteiger partial charge in [-0.15, -0.1) is 0 Å². The van der Waals surface area contributed by atoms with Crippen LogP contribution in [0.15, 0.2) is 30.3 Å². The van der Waals surface area contributed by atoms with Crippen molar-refractivity contribution in [3.63, 3.8) is 0 Å². The van der Waals surface area contributed by atoms with Crippen molar-refractivity contribution in [3.05, 3.63) is 35.9 Å². The molecule has 4 aliphatic rings. The van der Waals surface area contributed by atoms with Gasteiger partial charge in [-0.05, 0) is 37.2 Å². The topological polar surface area (TPSA) is 90.4 Å². The van der Waals surface area contributed by atoms with Crippen LogP contribution in [0.1, 0.15) is 83.1 Å². The van der Waals surface area contributed by atoms with Gasteiger partial charge in [-0.2, -0.15) is 0 Å². The first-order chi connectivity index (χ1) is 19.3. The summed E-state index contributed by atoms with van der Waals surface area (Å²) in [6.07, 6.45) is 11.2. The smallest absolute Gasteiger partial charge is 0.410 e. The summed E-state index contributed by atoms with van der Waals surface area (Å²) in [5.74, 6) is 0.751. The Morgan fingerprint density at radius 2 is 1.70 bits per heavy atom. The van der Waals surface area contributed by atoms with Crippen LogP contribution in [0.4, 0.5) is 4.79 Å². The van der Waals surface area contributed by atoms with Crippen LogP contribution in [0.3, 0.4) is 0 Å². The largest absolute Gasteiger partial charge is 0.445 e. The van der Waals surface area contributed by atoms with E-state index in [-0.39, 0.29) is 42.8 Å². The zero-order chi connectivity index (χ0) is 28.2. The van der Waals surface area contributed by atoms with Gasteiger partial charge in [0.15, 0.2) is 0 Å². The second-order valence-electron chi connectivity index (χ2n) is 12.9. The first kappa shape index (κ1) is 28.9. The average Bonchev–Trinajstić information content (AvgIpc) is 3.45. The highest BCUT2D eigenvalue weighted by Gasteiger charge is 2.56. The minimum absolute atomic E-state index is 0.0176. The zero-order valence-electron chi connectivity index (χ0n) is 24.2. The summed E-state index contributed by atoms with van der Waals surface area (Å²) in [5.41, 5.74) is -0.506. The minimum atomic E-state index is -1.03. The summed E-state index contributed by atoms with van der Waals surface area (Å²) >= 11 is 0. The standard InChI is InChI=1S/C32H47N3O5/c1-25(20-26-10-4-2-5-11-26)29(37)35-17-16-32(39,31(23-35)14-8-9-15-31)24-34-19-18-33(21-28(34)36)30(38)40-22-27-12-6-3-7-13-27/h3,6-7,12-13,25-26,39H,2,4-5,8-11,14-24H2,1H3/t25-,32?/m1/s1. The van der Waals surface area contributed by atoms with Crippen LogP contribution in [-0.2, 0) is 20.9 Å². The highest BCUT2D eigenvalue weighted by atomic mass is 16.6. The fourth-order valence-electron chi connectivity index (χ4n) is 7.78. The van der Waals surface area contributed by atoms with Crippen LogP contribution in [0.5, 0.6) is 0 Å². The predicted octanol–water partition coefficient (Wildman–Crippen LogP) is 4.60. The molecule has 0 bridgehead atoms. The van der Waals surface area contributed by atoms with Gasteiger partial charge in [0.2, 0.25) is 11.8 Å². The first-order valence-corrected chi connectivity index (χ1v) is 15.5. The third kappa shape index (κ3) is 6.32. The quantitative estimate of drug-likeness (QED) is 0.533. The van der Waals surface area contributed by atoms with Gasteiger partial charge in [-0.1, -0.05) is 82.2 Å². The molecule has 2 saturated carbocycles. The van der Waals surface area contributed by atoms with Crippen LogP contribution in [0.25, 0.3) is 0 Å². The van der Waals surface area contributed by atoms with Gasteiger partial charge in [0.05, 0.1) is 12.1 Å². The number of hydrogen-bond acceptors (Lipinski definition) is 5. The van der Waals surface area contributed by atoms with Gasteiger partial charge in [0.1, 0.15) is 13.2 Å². The summed E-state index contributed by atoms with van der Waals surface area (Å²) in [5, 5.41) is 12.1. The van der Waals surface area contributed by atoms with E-state index in [1.165, 1.54) is 37.0 Å². The van der Waals surface area contributed by atoms with Gasteiger partial charge >= 0.3 is 6.09 Å². The summed E-state index contributed by atoms with van der Waals surface area (Å²) in [4.78, 5) is 44.5. The molecule has 2 aliphatic heterocycles. The van der Waals surface area contributed by atoms with Gasteiger partial charge in [0, 0.05) is 37.5 Å². The third-order valence-corrected chi connectivity index (χ3v) is 10.2. The molecule has 8 heteroatoms. The normalized spacial score (nSPS) is 26.2. The molecule has 1 spiro atoms. The van der Waals surface area contributed by atoms with E-state index < -0.39 is 11.7 Å². The van der Waals surface area contributed by atoms with E-state index in [2.05, 4.69) is 6.92 Å². The lowest BCUT2D eigenvalue weighted by molar-refractivity contribution is -0.171. The number of carbonyl (C=O) groups excluding carboxylic acids is 3. The lowest BCUT2D eigenvalue weighted by atomic mass is 9.65. The molecule has 4 fully saturated rings. The van der Waals surface area contributed by atoms with E-state index in [1.807, 2.05) is 35.2 Å². The molecule has 5 rings (SSSR count). The molecule has 2 atom stereocenters. The predicted molar refractivity (Wildman–Crippen MR) is 152 cm³/mol. The monoisotopic (exact) mass is 553 g/mol. The number of β-amino-alcohol motifs (C(OH)–C–C–N with tert-alkyl or cyclic N) is 1. The van der Waals surface area contributed by atoms with Crippen molar-refractivity contribution in [1.29, 1.82) is 0 Å². The molecule has 40 heavy (non-hydrogen) atoms. The maximum absolute atomic E-state index is 13.5. The Morgan fingerprint density at radius 3 is 2.40 bits per heavy atom. The van der Waals surface area contributed by atoms with E-state index in [4.69, 9.17) is 4.74 Å². The van der Waals surface area contributed by atoms with E-state index in [0.29, 0.717) is 38.5 Å². The van der Waals surface area contributed by atoms with Crippen molar-refractivity contribution in [2.24, 2.45) is 17.3 Å². The van der Waals surface area contributed by atoms with Crippen molar-refractivity contribution >= 4 is 17.9 Å². The van der Waals surface area contributed by atoms with Crippen LogP contribution < -0.4 is 0 Å². The lowest BCUT2D eigenvalue weighted by Gasteiger charge is -2.54. The molecule has 220 valence electrons. The van der Waals surface area contributed by atoms with E-state index >= 15 is 0 Å². The molecular weight excluding hydrogens is 506 g/mol. The van der Waals surface area contributed by atoms with E-state index in [9.17, 15) is 19.5 Å². The Hall–Kier alpha value is -2.61. The molecule has 2 heterocycles. The molecule has 0 radical (unpaired) electrons. The van der Waals surface area contributed by atoms with Crippen LogP contribution in [0.2, 0.25) is 0 Å². The number of piperidine rings is 1. The van der Waals surface area contributed by atoms with Crippen LogP contribution >= 0.6 is 0 Å². The number of aliphatic hydroxyl groups is 1. The lowest BCUT2D eigenvalue weighted by Crippen LogP contribution is -2.66. The number of nitrogens with zero attached hydrogens (tertiary/aromatic N) is 3. The van der Waals surface area contributed by atoms with Crippen molar-refractivity contribution in [1.82, 2.24) is 14.7 Å². The maximum atomic E-state index is 13.5. The number of ether oxygens (including phenoxy) is 1. The van der Waals surface area contributed by atoms with Crippen molar-refractivity contribution < 1.29 is 24.2 Å². The van der Waals surface area contributed by atoms with Crippen LogP contribution in [-0.4, -0.2) is 82.6 Å². The number of piperazine rings is 1. The molecule has 1 aromatic carbocycles. The highest BCUT2D eigenvalue weighted by Crippen LogP contribution is 2.51. The van der Waals surface area contributed by atoms with E-state index in [0.717, 1.165) is 37.7 Å². The number of hydrogen-bond donors (Lipinski definition) is 1. The van der Waals surface area contributed by atoms with Crippen LogP contribution in [0, 0.1) is 17.3 Å². The second-order valence-corrected chi connectivity index (χ2v) is 12.9. The Kier molecular flexibility index (Phi) is 9.03. The summed E-state index contributed by atoms with van der Waals surface area (Å²) < 4.78 is 5.43. The fourth-order valence-corrected chi connectivity index (χ4v) is 7.78. The molecule has 1 N–H and O–H groups in total. The third-order valence-electron chi connectivity index (χ3n) is 10.2. The van der Waals surface area contributed by atoms with Crippen molar-refractivity contribution in [3.8, 4) is 0 Å². The van der Waals surface area contributed by atoms with Gasteiger partial charge in [-0.3, -0.25) is 14.5 Å². The summed E-state index contributed by atoms with van der Waals surface area (Å²) in [6.45, 7) is 4.35. The maximum Gasteiger partial charge on any atom is 0.410 e. The average molecular weight is 554 g/mol. The Morgan fingerprint density at radius 1 is 0.975 bits per heavy atom. The summed E-state index contributed by atoms with van der Waals surface area (Å²) in [6, 6.07) is 9.49. The fraction of sp³-hybridized carbons (Fsp3) is 0.719. The molecule has 3 amide bonds. The number of rotatable bonds is 7. The molecule has 8 nitrogen and oxygen atoms in total. The number of likely N-dealkylation sites (tertiary alicyclic amines) is 1. The number of amides is 3. The van der Waals surface area contributed by atoms with E-state index in [1.54, 1.807) is 4.90 Å². The molecule has 1 aromatic rings. The van der Waals surface area contributed by atoms with Gasteiger partial charge in [0.25, 0.3) is 0 Å². The minimum Gasteiger partial charge on any atom is -0.445 e. The molecule has 1 unspecified atom stereocenters. The first-order valence-electron chi connectivity index (χ1n) is 15.5. The van der Waals surface area contributed by atoms with Gasteiger partial charge in [-0.25, -0.2) is 4.79 Å². The number of carbonyl (C=O) groups is 3. The Balaban J connectivity index is 1.17. The molecule has 2 saturated heterocycles. The van der Waals surface area contributed by atoms with Crippen molar-refractivity contribution in [2.75, 3.05) is 39.3 Å². The summed E-state index contributed by atoms with van der Waals surface area (Å²) in [7, 11) is 0. The zero-order valence-corrected chi connectivity index (χ0v) is 24.2. The Bertz CT molecular complexity index is 1040. The molecule has 0 aromatic heterocycles. The highest BCUT2D eigenvalue weighted by molar-refractivity contribution is 5.83. The van der Waals surface area contributed by atoms with Gasteiger partial charge < -0.3 is 19.6 Å². The molecular formula is C32H47N3O5. The second kappa shape index (κ2) is 12.5. The SMILES string of the molecule is C[C@H](CC1CCCCC1)C(=O)N1CCC(O)(CN2CCN(C(=O)OCc3ccccc3)CC2=O)C2(CCCC2)C1. The molecule has 2 aliphatic carbocycles. The van der Waals surface area contributed by atoms with Crippen molar-refractivity contribution in [2.45, 2.75) is 89.8 Å². The number of benzene rings is 1. The Labute approximate surface area is 239 Å².